The minimum atomic E-state index is -4.62. The van der Waals surface area contributed by atoms with Crippen LogP contribution < -0.4 is 14.5 Å². The van der Waals surface area contributed by atoms with Crippen molar-refractivity contribution < 1.29 is 22.7 Å². The van der Waals surface area contributed by atoms with Crippen LogP contribution in [0, 0.1) is 6.57 Å². The van der Waals surface area contributed by atoms with Gasteiger partial charge in [0.25, 0.3) is 0 Å². The number of carbonyl (C=O) groups is 1. The summed E-state index contributed by atoms with van der Waals surface area (Å²) < 4.78 is 48.4. The molecule has 4 heterocycles. The molecule has 10 nitrogen and oxygen atoms in total. The van der Waals surface area contributed by atoms with Gasteiger partial charge in [-0.2, -0.15) is 23.1 Å². The lowest BCUT2D eigenvalue weighted by Gasteiger charge is -2.41. The Morgan fingerprint density at radius 3 is 2.67 bits per heavy atom. The molecule has 0 spiro atoms. The molecule has 0 aliphatic carbocycles. The summed E-state index contributed by atoms with van der Waals surface area (Å²) in [6, 6.07) is 4.25. The van der Waals surface area contributed by atoms with Gasteiger partial charge in [-0.25, -0.2) is 6.57 Å². The van der Waals surface area contributed by atoms with Crippen molar-refractivity contribution in [3.8, 4) is 6.01 Å². The number of ether oxygens (including phenoxy) is 1. The monoisotopic (exact) mass is 660 g/mol. The molecule has 3 aliphatic rings. The Balaban J connectivity index is 1.45. The van der Waals surface area contributed by atoms with Crippen molar-refractivity contribution in [1.29, 1.82) is 0 Å². The summed E-state index contributed by atoms with van der Waals surface area (Å²) in [5.41, 5.74) is 0.570. The Hall–Kier alpha value is -3.60. The number of piperazine rings is 1. The van der Waals surface area contributed by atoms with Crippen molar-refractivity contribution in [2.75, 3.05) is 83.4 Å². The lowest BCUT2D eigenvalue weighted by atomic mass is 10.0. The summed E-state index contributed by atoms with van der Waals surface area (Å²) >= 11 is 6.06. The molecule has 1 amide bonds. The van der Waals surface area contributed by atoms with Crippen LogP contribution in [0.3, 0.4) is 0 Å². The summed E-state index contributed by atoms with van der Waals surface area (Å²) in [5, 5.41) is -0.348. The maximum Gasteiger partial charge on any atom is 0.419 e. The number of likely N-dealkylation sites (N-methyl/N-ethyl adjacent to an activating group) is 2. The second-order valence-electron chi connectivity index (χ2n) is 12.3. The normalized spacial score (nSPS) is 20.8. The standard InChI is InChI=1S/C32H40ClF3N8O2/c1-37-18-23-19-43(16-17-44(23)28(45)11-7-13-40(2)3)30-24-12-15-42(27-10-5-9-25(33)29(27)32(34,35)36)20-26(24)38-31(39-30)46-21-22-8-6-14-41(22)4/h5,7,9-11,22-23H,6,8,12-21H2,2-4H3/b11-7+/t22-,23-/m0/s1. The van der Waals surface area contributed by atoms with E-state index in [-0.39, 0.29) is 47.8 Å². The zero-order valence-electron chi connectivity index (χ0n) is 26.4. The second-order valence-corrected chi connectivity index (χ2v) is 12.7. The van der Waals surface area contributed by atoms with E-state index < -0.39 is 11.7 Å². The summed E-state index contributed by atoms with van der Waals surface area (Å²) in [6.45, 7) is 11.4. The molecule has 3 aliphatic heterocycles. The van der Waals surface area contributed by atoms with E-state index in [0.717, 1.165) is 24.9 Å². The average Bonchev–Trinajstić information content (AvgIpc) is 3.42. The van der Waals surface area contributed by atoms with Crippen LogP contribution in [-0.4, -0.2) is 116 Å². The van der Waals surface area contributed by atoms with Crippen LogP contribution >= 0.6 is 11.6 Å². The molecule has 46 heavy (non-hydrogen) atoms. The second kappa shape index (κ2) is 14.4. The number of anilines is 2. The highest BCUT2D eigenvalue weighted by Crippen LogP contribution is 2.43. The highest BCUT2D eigenvalue weighted by Gasteiger charge is 2.39. The molecular weight excluding hydrogens is 621 g/mol. The van der Waals surface area contributed by atoms with E-state index >= 15 is 0 Å². The van der Waals surface area contributed by atoms with Gasteiger partial charge >= 0.3 is 12.2 Å². The fourth-order valence-corrected chi connectivity index (χ4v) is 6.67. The van der Waals surface area contributed by atoms with Gasteiger partial charge in [-0.1, -0.05) is 23.7 Å². The topological polar surface area (TPSA) is 72.6 Å². The van der Waals surface area contributed by atoms with Gasteiger partial charge in [0.05, 0.1) is 28.5 Å². The molecular formula is C32H40ClF3N8O2. The summed E-state index contributed by atoms with van der Waals surface area (Å²) in [6.07, 6.45) is 1.22. The van der Waals surface area contributed by atoms with E-state index in [9.17, 15) is 18.0 Å². The van der Waals surface area contributed by atoms with Crippen molar-refractivity contribution >= 4 is 29.0 Å². The number of hydrogen-bond acceptors (Lipinski definition) is 8. The van der Waals surface area contributed by atoms with Crippen molar-refractivity contribution in [2.24, 2.45) is 0 Å². The van der Waals surface area contributed by atoms with Crippen molar-refractivity contribution in [3.05, 3.63) is 63.6 Å². The number of carbonyl (C=O) groups excluding carboxylic acids is 1. The lowest BCUT2D eigenvalue weighted by molar-refractivity contribution is -0.137. The van der Waals surface area contributed by atoms with Crippen LogP contribution in [0.5, 0.6) is 6.01 Å². The van der Waals surface area contributed by atoms with Gasteiger partial charge in [-0.15, -0.1) is 0 Å². The van der Waals surface area contributed by atoms with Gasteiger partial charge in [0.15, 0.2) is 0 Å². The first-order valence-corrected chi connectivity index (χ1v) is 15.9. The first kappa shape index (κ1) is 33.8. The predicted octanol–water partition coefficient (Wildman–Crippen LogP) is 4.24. The molecule has 2 fully saturated rings. The Morgan fingerprint density at radius 2 is 1.98 bits per heavy atom. The molecule has 2 saturated heterocycles. The first-order chi connectivity index (χ1) is 22.0. The van der Waals surface area contributed by atoms with Crippen LogP contribution in [0.4, 0.5) is 24.7 Å². The molecule has 1 aromatic carbocycles. The number of benzene rings is 1. The number of amides is 1. The third-order valence-electron chi connectivity index (χ3n) is 8.81. The van der Waals surface area contributed by atoms with E-state index in [4.69, 9.17) is 32.9 Å². The van der Waals surface area contributed by atoms with Crippen molar-refractivity contribution in [3.63, 3.8) is 0 Å². The Bertz CT molecular complexity index is 1480. The number of likely N-dealkylation sites (tertiary alicyclic amines) is 1. The third-order valence-corrected chi connectivity index (χ3v) is 9.13. The van der Waals surface area contributed by atoms with Gasteiger partial charge in [0.2, 0.25) is 12.5 Å². The number of nitrogens with zero attached hydrogens (tertiary/aromatic N) is 8. The van der Waals surface area contributed by atoms with Gasteiger partial charge in [0.1, 0.15) is 18.5 Å². The Kier molecular flexibility index (Phi) is 10.6. The number of aromatic nitrogens is 2. The lowest BCUT2D eigenvalue weighted by Crippen LogP contribution is -2.56. The number of rotatable bonds is 9. The van der Waals surface area contributed by atoms with E-state index in [0.29, 0.717) is 57.3 Å². The fraction of sp³-hybridized carbons (Fsp3) is 0.562. The van der Waals surface area contributed by atoms with Crippen LogP contribution in [0.25, 0.3) is 4.85 Å². The molecule has 1 aromatic heterocycles. The summed E-state index contributed by atoms with van der Waals surface area (Å²) in [4.78, 5) is 35.9. The Labute approximate surface area is 273 Å². The largest absolute Gasteiger partial charge is 0.462 e. The number of fused-ring (bicyclic) bond motifs is 1. The van der Waals surface area contributed by atoms with Gasteiger partial charge in [0, 0.05) is 50.4 Å². The van der Waals surface area contributed by atoms with E-state index in [1.54, 1.807) is 15.9 Å². The van der Waals surface area contributed by atoms with Crippen LogP contribution in [0.15, 0.2) is 30.4 Å². The molecule has 5 rings (SSSR count). The molecule has 248 valence electrons. The molecule has 2 atom stereocenters. The van der Waals surface area contributed by atoms with Crippen LogP contribution in [0.1, 0.15) is 29.7 Å². The third kappa shape index (κ3) is 7.67. The molecule has 0 radical (unpaired) electrons. The summed E-state index contributed by atoms with van der Waals surface area (Å²) in [7, 11) is 5.89. The minimum Gasteiger partial charge on any atom is -0.462 e. The molecule has 0 N–H and O–H groups in total. The maximum atomic E-state index is 14.1. The van der Waals surface area contributed by atoms with Gasteiger partial charge in [-0.05, 0) is 59.1 Å². The molecule has 0 unspecified atom stereocenters. The first-order valence-electron chi connectivity index (χ1n) is 15.5. The highest BCUT2D eigenvalue weighted by molar-refractivity contribution is 6.31. The number of alkyl halides is 3. The Morgan fingerprint density at radius 1 is 1.17 bits per heavy atom. The zero-order valence-corrected chi connectivity index (χ0v) is 27.2. The van der Waals surface area contributed by atoms with Crippen molar-refractivity contribution in [2.45, 2.75) is 44.1 Å². The van der Waals surface area contributed by atoms with Gasteiger partial charge in [-0.3, -0.25) is 4.79 Å². The van der Waals surface area contributed by atoms with E-state index in [1.165, 1.54) is 18.2 Å². The highest BCUT2D eigenvalue weighted by atomic mass is 35.5. The van der Waals surface area contributed by atoms with E-state index in [1.807, 2.05) is 25.1 Å². The predicted molar refractivity (Wildman–Crippen MR) is 171 cm³/mol. The number of halogens is 4. The smallest absolute Gasteiger partial charge is 0.419 e. The minimum absolute atomic E-state index is 0.00688. The average molecular weight is 661 g/mol. The fourth-order valence-electron chi connectivity index (χ4n) is 6.40. The van der Waals surface area contributed by atoms with Crippen LogP contribution in [-0.2, 0) is 23.9 Å². The molecule has 14 heteroatoms. The molecule has 0 saturated carbocycles. The van der Waals surface area contributed by atoms with Crippen LogP contribution in [0.2, 0.25) is 5.02 Å². The molecule has 0 bridgehead atoms. The quantitative estimate of drug-likeness (QED) is 0.292. The number of hydrogen-bond donors (Lipinski definition) is 0. The zero-order chi connectivity index (χ0) is 33.0. The van der Waals surface area contributed by atoms with Gasteiger partial charge < -0.3 is 34.1 Å². The van der Waals surface area contributed by atoms with Crippen molar-refractivity contribution in [1.82, 2.24) is 24.7 Å². The van der Waals surface area contributed by atoms with E-state index in [2.05, 4.69) is 21.7 Å². The SMILES string of the molecule is [C-]#[N+]C[C@H]1CN(c2nc(OC[C@@H]3CCCN3C)nc3c2CCN(c2cccc(Cl)c2C(F)(F)F)C3)CCN1C(=O)/C=C/CN(C)C. The maximum absolute atomic E-state index is 14.1. The molecule has 2 aromatic rings. The summed E-state index contributed by atoms with van der Waals surface area (Å²) in [5.74, 6) is 0.508.